The van der Waals surface area contributed by atoms with Crippen LogP contribution in [0.2, 0.25) is 5.02 Å². The Kier molecular flexibility index (Phi) is 8.55. The van der Waals surface area contributed by atoms with Crippen LogP contribution >= 0.6 is 22.9 Å². The number of thiophene rings is 1. The van der Waals surface area contributed by atoms with Crippen molar-refractivity contribution in [1.29, 1.82) is 0 Å². The third kappa shape index (κ3) is 6.01. The van der Waals surface area contributed by atoms with Crippen LogP contribution in [0.5, 0.6) is 11.5 Å². The largest absolute Gasteiger partial charge is 0.508 e. The van der Waals surface area contributed by atoms with Gasteiger partial charge >= 0.3 is 5.97 Å². The number of nitrogens with zero attached hydrogens (tertiary/aromatic N) is 2. The molecule has 7 aromatic rings. The Balaban J connectivity index is 1.29. The molecule has 6 nitrogen and oxygen atoms in total. The first-order valence-electron chi connectivity index (χ1n) is 16.9. The molecule has 0 saturated heterocycles. The second-order valence-corrected chi connectivity index (χ2v) is 14.5. The Labute approximate surface area is 299 Å². The molecule has 8 heteroatoms. The molecule has 1 aliphatic carbocycles. The molecule has 0 atom stereocenters. The Bertz CT molecular complexity index is 2390. The first-order valence-corrected chi connectivity index (χ1v) is 18.1. The Morgan fingerprint density at radius 3 is 2.46 bits per heavy atom. The van der Waals surface area contributed by atoms with E-state index < -0.39 is 5.97 Å². The van der Waals surface area contributed by atoms with E-state index in [2.05, 4.69) is 41.0 Å². The van der Waals surface area contributed by atoms with Crippen molar-refractivity contribution >= 4 is 50.0 Å². The number of benzene rings is 4. The van der Waals surface area contributed by atoms with Gasteiger partial charge in [0.15, 0.2) is 0 Å². The molecule has 3 aromatic heterocycles. The third-order valence-electron chi connectivity index (χ3n) is 9.87. The van der Waals surface area contributed by atoms with Crippen LogP contribution in [-0.4, -0.2) is 32.8 Å². The van der Waals surface area contributed by atoms with E-state index >= 15 is 0 Å². The Morgan fingerprint density at radius 1 is 0.900 bits per heavy atom. The number of rotatable bonds is 8. The maximum absolute atomic E-state index is 12.2. The van der Waals surface area contributed by atoms with Crippen LogP contribution in [0.3, 0.4) is 0 Å². The van der Waals surface area contributed by atoms with Crippen LogP contribution in [0.15, 0.2) is 103 Å². The zero-order valence-electron chi connectivity index (χ0n) is 27.5. The minimum absolute atomic E-state index is 0.208. The summed E-state index contributed by atoms with van der Waals surface area (Å²) in [5.74, 6) is 0.389. The number of hydrogen-bond donors (Lipinski definition) is 2. The molecule has 8 rings (SSSR count). The Morgan fingerprint density at radius 2 is 1.70 bits per heavy atom. The van der Waals surface area contributed by atoms with Crippen molar-refractivity contribution in [3.05, 3.63) is 124 Å². The molecular weight excluding hydrogens is 664 g/mol. The lowest BCUT2D eigenvalue weighted by Gasteiger charge is -2.24. The van der Waals surface area contributed by atoms with Gasteiger partial charge in [-0.3, -0.25) is 0 Å². The fourth-order valence-electron chi connectivity index (χ4n) is 7.50. The summed E-state index contributed by atoms with van der Waals surface area (Å²) >= 11 is 7.58. The number of phenols is 1. The lowest BCUT2D eigenvalue weighted by molar-refractivity contribution is 0.0702. The summed E-state index contributed by atoms with van der Waals surface area (Å²) in [5, 5.41) is 22.0. The van der Waals surface area contributed by atoms with Crippen molar-refractivity contribution in [2.24, 2.45) is 0 Å². The fourth-order valence-corrected chi connectivity index (χ4v) is 8.75. The highest BCUT2D eigenvalue weighted by Crippen LogP contribution is 2.47. The number of phenolic OH excluding ortho intramolecular Hbond substituents is 1. The molecular formula is C42H35ClN2O4S. The summed E-state index contributed by atoms with van der Waals surface area (Å²) in [7, 11) is 1.67. The van der Waals surface area contributed by atoms with Crippen LogP contribution in [0.1, 0.15) is 58.8 Å². The third-order valence-corrected chi connectivity index (χ3v) is 11.3. The minimum atomic E-state index is -0.908. The van der Waals surface area contributed by atoms with Crippen molar-refractivity contribution in [3.63, 3.8) is 0 Å². The van der Waals surface area contributed by atoms with Crippen molar-refractivity contribution in [3.8, 4) is 45.1 Å². The number of hydrogen-bond acceptors (Lipinski definition) is 5. The van der Waals surface area contributed by atoms with E-state index in [1.807, 2.05) is 54.6 Å². The number of carbonyl (C=O) groups is 1. The molecule has 1 aliphatic rings. The fraction of sp³-hybridized carbons (Fsp3) is 0.190. The first-order chi connectivity index (χ1) is 24.4. The van der Waals surface area contributed by atoms with Gasteiger partial charge in [0.1, 0.15) is 16.4 Å². The van der Waals surface area contributed by atoms with Crippen LogP contribution in [-0.2, 0) is 6.54 Å². The number of aromatic hydroxyl groups is 1. The van der Waals surface area contributed by atoms with Gasteiger partial charge in [0.25, 0.3) is 0 Å². The predicted molar refractivity (Wildman–Crippen MR) is 203 cm³/mol. The predicted octanol–water partition coefficient (Wildman–Crippen LogP) is 11.4. The number of methoxy groups -OCH3 is 1. The number of fused-ring (bicyclic) bond motifs is 2. The average molecular weight is 699 g/mol. The maximum atomic E-state index is 12.2. The molecule has 0 aliphatic heterocycles. The molecule has 0 amide bonds. The normalized spacial score (nSPS) is 13.6. The summed E-state index contributed by atoms with van der Waals surface area (Å²) in [6.07, 6.45) is 5.70. The molecule has 50 heavy (non-hydrogen) atoms. The van der Waals surface area contributed by atoms with Crippen LogP contribution in [0.25, 0.3) is 54.8 Å². The SMILES string of the molecule is COc1ccc(-c2ccc(Cl)cc2)c(-c2ccc3cc(-c4c(C5CCCCC5)c5sc(C(=O)O)cc5n4Cc4cccc(O)c4)ccc3n2)c1. The van der Waals surface area contributed by atoms with Crippen LogP contribution in [0.4, 0.5) is 0 Å². The number of carboxylic acids is 1. The van der Waals surface area contributed by atoms with Gasteiger partial charge < -0.3 is 19.5 Å². The molecule has 250 valence electrons. The number of halogens is 1. The number of ether oxygens (including phenoxy) is 1. The van der Waals surface area contributed by atoms with Crippen LogP contribution < -0.4 is 4.74 Å². The van der Waals surface area contributed by atoms with Crippen molar-refractivity contribution in [2.45, 2.75) is 44.6 Å². The summed E-state index contributed by atoms with van der Waals surface area (Å²) in [5.41, 5.74) is 10.0. The molecule has 1 fully saturated rings. The van der Waals surface area contributed by atoms with Crippen molar-refractivity contribution in [1.82, 2.24) is 9.55 Å². The van der Waals surface area contributed by atoms with Gasteiger partial charge in [-0.15, -0.1) is 11.3 Å². The number of aromatic nitrogens is 2. The highest BCUT2D eigenvalue weighted by molar-refractivity contribution is 7.21. The van der Waals surface area contributed by atoms with Gasteiger partial charge in [-0.05, 0) is 107 Å². The van der Waals surface area contributed by atoms with E-state index in [1.54, 1.807) is 19.2 Å². The van der Waals surface area contributed by atoms with E-state index in [9.17, 15) is 15.0 Å². The van der Waals surface area contributed by atoms with Gasteiger partial charge in [-0.2, -0.15) is 0 Å². The van der Waals surface area contributed by atoms with Gasteiger partial charge in [0.2, 0.25) is 0 Å². The smallest absolute Gasteiger partial charge is 0.345 e. The molecule has 0 bridgehead atoms. The standard InChI is InChI=1S/C42H35ClN2O4S/c1-49-32-16-17-33(26-10-14-30(43)15-11-26)34(22-32)36-19-12-28-21-29(13-18-35(28)44-36)40-39(27-7-3-2-4-8-27)41-37(23-38(50-41)42(47)48)45(40)24-25-6-5-9-31(46)20-25/h5-6,9-23,27,46H,2-4,7-8,24H2,1H3,(H,47,48). The van der Waals surface area contributed by atoms with Gasteiger partial charge in [0.05, 0.1) is 34.2 Å². The second-order valence-electron chi connectivity index (χ2n) is 13.0. The molecule has 2 N–H and O–H groups in total. The average Bonchev–Trinajstić information content (AvgIpc) is 3.70. The Hall–Kier alpha value is -5.11. The van der Waals surface area contributed by atoms with Crippen molar-refractivity contribution < 1.29 is 19.7 Å². The molecule has 3 heterocycles. The molecule has 0 unspecified atom stereocenters. The molecule has 1 saturated carbocycles. The van der Waals surface area contributed by atoms with Gasteiger partial charge in [-0.25, -0.2) is 9.78 Å². The van der Waals surface area contributed by atoms with E-state index in [1.165, 1.54) is 23.3 Å². The summed E-state index contributed by atoms with van der Waals surface area (Å²) in [6, 6.07) is 33.6. The number of aromatic carboxylic acids is 1. The van der Waals surface area contributed by atoms with Crippen LogP contribution in [0, 0.1) is 0 Å². The number of pyridine rings is 1. The summed E-state index contributed by atoms with van der Waals surface area (Å²) in [4.78, 5) is 17.7. The maximum Gasteiger partial charge on any atom is 0.345 e. The van der Waals surface area contributed by atoms with E-state index in [4.69, 9.17) is 21.3 Å². The highest BCUT2D eigenvalue weighted by atomic mass is 35.5. The lowest BCUT2D eigenvalue weighted by Crippen LogP contribution is -2.08. The summed E-state index contributed by atoms with van der Waals surface area (Å²) < 4.78 is 8.91. The summed E-state index contributed by atoms with van der Waals surface area (Å²) in [6.45, 7) is 0.501. The monoisotopic (exact) mass is 698 g/mol. The van der Waals surface area contributed by atoms with E-state index in [0.29, 0.717) is 22.4 Å². The van der Waals surface area contributed by atoms with E-state index in [-0.39, 0.29) is 5.75 Å². The quantitative estimate of drug-likeness (QED) is 0.165. The number of carboxylic acid groups (broad SMARTS) is 1. The molecule has 4 aromatic carbocycles. The zero-order chi connectivity index (χ0) is 34.4. The zero-order valence-corrected chi connectivity index (χ0v) is 29.1. The molecule has 0 spiro atoms. The highest BCUT2D eigenvalue weighted by Gasteiger charge is 2.29. The first kappa shape index (κ1) is 32.1. The second kappa shape index (κ2) is 13.3. The van der Waals surface area contributed by atoms with Gasteiger partial charge in [0, 0.05) is 22.5 Å². The van der Waals surface area contributed by atoms with E-state index in [0.717, 1.165) is 91.8 Å². The molecule has 0 radical (unpaired) electrons. The topological polar surface area (TPSA) is 84.6 Å². The van der Waals surface area contributed by atoms with Crippen molar-refractivity contribution in [2.75, 3.05) is 7.11 Å². The van der Waals surface area contributed by atoms with Gasteiger partial charge in [-0.1, -0.05) is 73.3 Å². The lowest BCUT2D eigenvalue weighted by atomic mass is 9.83. The minimum Gasteiger partial charge on any atom is -0.508 e.